The van der Waals surface area contributed by atoms with Crippen molar-refractivity contribution < 1.29 is 32.6 Å². The molecule has 1 aliphatic heterocycles. The number of esters is 1. The maximum absolute atomic E-state index is 13.4. The molecule has 0 spiro atoms. The number of anilines is 2. The summed E-state index contributed by atoms with van der Waals surface area (Å²) < 4.78 is 41.5. The Kier molecular flexibility index (Phi) is 7.23. The minimum atomic E-state index is -3.72. The van der Waals surface area contributed by atoms with E-state index in [9.17, 15) is 18.4 Å². The molecule has 0 radical (unpaired) electrons. The first-order valence-electron chi connectivity index (χ1n) is 10.6. The zero-order valence-electron chi connectivity index (χ0n) is 17.8. The number of urea groups is 1. The molecule has 8 nitrogen and oxygen atoms in total. The molecule has 0 atom stereocenters. The number of hydrogen-bond donors (Lipinski definition) is 1. The average Bonchev–Trinajstić information content (AvgIpc) is 3.49. The third kappa shape index (κ3) is 6.05. The quantitative estimate of drug-likeness (QED) is 0.387. The van der Waals surface area contributed by atoms with Gasteiger partial charge in [0.2, 0.25) is 0 Å². The topological polar surface area (TPSA) is 90.0 Å². The molecule has 2 amide bonds. The van der Waals surface area contributed by atoms with Crippen molar-refractivity contribution >= 4 is 45.9 Å². The average molecular weight is 500 g/mol. The van der Waals surface area contributed by atoms with E-state index in [1.54, 1.807) is 19.2 Å². The predicted octanol–water partition coefficient (Wildman–Crippen LogP) is 5.35. The minimum Gasteiger partial charge on any atom is -0.465 e. The predicted molar refractivity (Wildman–Crippen MR) is 120 cm³/mol. The minimum absolute atomic E-state index is 0.0758. The number of rotatable bonds is 8. The molecule has 0 unspecified atom stereocenters. The number of fused-ring (bicyclic) bond motifs is 1. The number of nitrogens with zero attached hydrogens (tertiary/aromatic N) is 2. The van der Waals surface area contributed by atoms with Gasteiger partial charge < -0.3 is 14.2 Å². The zero-order valence-corrected chi connectivity index (χ0v) is 19.5. The molecule has 2 heterocycles. The van der Waals surface area contributed by atoms with Crippen LogP contribution in [0, 0.1) is 5.92 Å². The summed E-state index contributed by atoms with van der Waals surface area (Å²) in [5, 5.41) is 3.15. The van der Waals surface area contributed by atoms with Crippen molar-refractivity contribution in [1.29, 1.82) is 0 Å². The van der Waals surface area contributed by atoms with Crippen LogP contribution in [0.1, 0.15) is 32.6 Å². The van der Waals surface area contributed by atoms with Crippen LogP contribution in [-0.4, -0.2) is 42.2 Å². The van der Waals surface area contributed by atoms with Crippen LogP contribution in [0.15, 0.2) is 28.6 Å². The van der Waals surface area contributed by atoms with E-state index in [2.05, 4.69) is 19.8 Å². The zero-order chi connectivity index (χ0) is 23.4. The van der Waals surface area contributed by atoms with Gasteiger partial charge >= 0.3 is 18.3 Å². The number of ether oxygens (including phenoxy) is 3. The summed E-state index contributed by atoms with van der Waals surface area (Å²) in [7, 11) is 0. The second kappa shape index (κ2) is 10.1. The fraction of sp³-hybridized carbons (Fsp3) is 0.476. The van der Waals surface area contributed by atoms with Gasteiger partial charge in [-0.3, -0.25) is 15.0 Å². The molecule has 2 aliphatic rings. The van der Waals surface area contributed by atoms with Gasteiger partial charge in [-0.15, -0.1) is 20.5 Å². The number of hydrogen-bond acceptors (Lipinski definition) is 8. The number of nitrogens with one attached hydrogen (secondary N) is 1. The van der Waals surface area contributed by atoms with Crippen molar-refractivity contribution in [3.63, 3.8) is 0 Å². The van der Waals surface area contributed by atoms with Crippen molar-refractivity contribution in [2.24, 2.45) is 5.92 Å². The van der Waals surface area contributed by atoms with Crippen LogP contribution in [0.5, 0.6) is 11.5 Å². The van der Waals surface area contributed by atoms with E-state index in [1.165, 1.54) is 40.1 Å². The van der Waals surface area contributed by atoms with Crippen LogP contribution in [0.3, 0.4) is 0 Å². The highest BCUT2D eigenvalue weighted by atomic mass is 32.2. The molecule has 1 aromatic heterocycles. The second-order valence-corrected chi connectivity index (χ2v) is 9.87. The Hall–Kier alpha value is -2.60. The summed E-state index contributed by atoms with van der Waals surface area (Å²) in [5.41, 5.74) is 0.424. The Morgan fingerprint density at radius 1 is 1.30 bits per heavy atom. The third-order valence-corrected chi connectivity index (χ3v) is 7.27. The highest BCUT2D eigenvalue weighted by Crippen LogP contribution is 2.43. The molecule has 4 rings (SSSR count). The molecular weight excluding hydrogens is 476 g/mol. The van der Waals surface area contributed by atoms with Crippen LogP contribution in [-0.2, 0) is 9.53 Å². The molecule has 1 N–H and O–H groups in total. The van der Waals surface area contributed by atoms with Gasteiger partial charge in [0.15, 0.2) is 16.6 Å². The first-order valence-corrected chi connectivity index (χ1v) is 12.4. The van der Waals surface area contributed by atoms with Crippen LogP contribution in [0.2, 0.25) is 0 Å². The highest BCUT2D eigenvalue weighted by Gasteiger charge is 2.43. The van der Waals surface area contributed by atoms with Crippen molar-refractivity contribution in [2.75, 3.05) is 29.1 Å². The number of amides is 2. The van der Waals surface area contributed by atoms with Gasteiger partial charge in [-0.05, 0) is 37.8 Å². The first-order chi connectivity index (χ1) is 15.8. The largest absolute Gasteiger partial charge is 0.586 e. The lowest BCUT2D eigenvalue weighted by molar-refractivity contribution is -0.286. The normalized spacial score (nSPS) is 16.6. The summed E-state index contributed by atoms with van der Waals surface area (Å²) in [6.07, 6.45) is 2.05. The third-order valence-electron chi connectivity index (χ3n) is 5.19. The summed E-state index contributed by atoms with van der Waals surface area (Å²) in [4.78, 5) is 30.4. The molecule has 1 aromatic carbocycles. The van der Waals surface area contributed by atoms with Crippen molar-refractivity contribution in [2.45, 2.75) is 43.1 Å². The lowest BCUT2D eigenvalue weighted by Gasteiger charge is -2.25. The van der Waals surface area contributed by atoms with E-state index in [0.717, 1.165) is 29.9 Å². The van der Waals surface area contributed by atoms with Gasteiger partial charge in [0.05, 0.1) is 22.8 Å². The van der Waals surface area contributed by atoms with Crippen LogP contribution < -0.4 is 19.7 Å². The second-order valence-electron chi connectivity index (χ2n) is 7.57. The molecule has 33 heavy (non-hydrogen) atoms. The SMILES string of the molecule is CCOC(=O)CSc1cnc(NC(=O)N(CC2CCCC2)c2ccc3c(c2)OC(F)(F)O3)s1. The molecule has 2 aromatic rings. The van der Waals surface area contributed by atoms with E-state index < -0.39 is 12.3 Å². The Labute approximate surface area is 197 Å². The van der Waals surface area contributed by atoms with Crippen LogP contribution in [0.4, 0.5) is 24.4 Å². The molecule has 0 saturated heterocycles. The molecule has 1 fully saturated rings. The van der Waals surface area contributed by atoms with E-state index in [0.29, 0.717) is 29.9 Å². The van der Waals surface area contributed by atoms with E-state index in [1.807, 2.05) is 0 Å². The van der Waals surface area contributed by atoms with Crippen molar-refractivity contribution in [3.8, 4) is 11.5 Å². The van der Waals surface area contributed by atoms with E-state index >= 15 is 0 Å². The molecule has 1 aliphatic carbocycles. The number of thioether (sulfide) groups is 1. The monoisotopic (exact) mass is 499 g/mol. The van der Waals surface area contributed by atoms with Gasteiger partial charge in [0.25, 0.3) is 0 Å². The number of carbonyl (C=O) groups excluding carboxylic acids is 2. The van der Waals surface area contributed by atoms with E-state index in [-0.39, 0.29) is 23.2 Å². The molecule has 1 saturated carbocycles. The van der Waals surface area contributed by atoms with Crippen LogP contribution >= 0.6 is 23.1 Å². The van der Waals surface area contributed by atoms with Crippen LogP contribution in [0.25, 0.3) is 0 Å². The van der Waals surface area contributed by atoms with Gasteiger partial charge in [0.1, 0.15) is 0 Å². The highest BCUT2D eigenvalue weighted by molar-refractivity contribution is 8.01. The Morgan fingerprint density at radius 3 is 2.82 bits per heavy atom. The summed E-state index contributed by atoms with van der Waals surface area (Å²) in [6.45, 7) is 2.50. The lowest BCUT2D eigenvalue weighted by Crippen LogP contribution is -2.38. The fourth-order valence-electron chi connectivity index (χ4n) is 3.74. The molecule has 12 heteroatoms. The maximum Gasteiger partial charge on any atom is 0.586 e. The van der Waals surface area contributed by atoms with Gasteiger partial charge in [0, 0.05) is 18.3 Å². The Morgan fingerprint density at radius 2 is 2.06 bits per heavy atom. The summed E-state index contributed by atoms with van der Waals surface area (Å²) in [5.74, 6) is -0.0482. The van der Waals surface area contributed by atoms with Crippen molar-refractivity contribution in [1.82, 2.24) is 4.98 Å². The van der Waals surface area contributed by atoms with Crippen molar-refractivity contribution in [3.05, 3.63) is 24.4 Å². The van der Waals surface area contributed by atoms with Gasteiger partial charge in [-0.25, -0.2) is 9.78 Å². The Bertz CT molecular complexity index is 1010. The van der Waals surface area contributed by atoms with Gasteiger partial charge in [-0.2, -0.15) is 0 Å². The number of thiazole rings is 1. The number of benzene rings is 1. The smallest absolute Gasteiger partial charge is 0.465 e. The first kappa shape index (κ1) is 23.6. The molecule has 178 valence electrons. The number of halogens is 2. The molecule has 0 bridgehead atoms. The summed E-state index contributed by atoms with van der Waals surface area (Å²) >= 11 is 2.51. The summed E-state index contributed by atoms with van der Waals surface area (Å²) in [6, 6.07) is 3.88. The molecular formula is C21H23F2N3O5S2. The number of aromatic nitrogens is 1. The van der Waals surface area contributed by atoms with E-state index in [4.69, 9.17) is 4.74 Å². The maximum atomic E-state index is 13.4. The Balaban J connectivity index is 1.46. The number of alkyl halides is 2. The fourth-order valence-corrected chi connectivity index (χ4v) is 5.40. The van der Waals surface area contributed by atoms with Gasteiger partial charge in [-0.1, -0.05) is 24.2 Å². The lowest BCUT2D eigenvalue weighted by atomic mass is 10.1. The standard InChI is InChI=1S/C21H23F2N3O5S2/c1-2-29-17(27)12-32-18-10-24-19(33-18)25-20(28)26(11-13-5-3-4-6-13)14-7-8-15-16(9-14)31-21(22,23)30-15/h7-10,13H,2-6,11-12H2,1H3,(H,24,25,28). The number of carbonyl (C=O) groups is 2.